The van der Waals surface area contributed by atoms with E-state index in [9.17, 15) is 9.59 Å². The van der Waals surface area contributed by atoms with Gasteiger partial charge in [0, 0.05) is 18.5 Å². The van der Waals surface area contributed by atoms with Gasteiger partial charge in [-0.2, -0.15) is 4.98 Å². The average Bonchev–Trinajstić information content (AvgIpc) is 2.93. The zero-order valence-corrected chi connectivity index (χ0v) is 12.0. The fourth-order valence-electron chi connectivity index (χ4n) is 1.76. The maximum absolute atomic E-state index is 11.8. The third kappa shape index (κ3) is 4.58. The van der Waals surface area contributed by atoms with E-state index in [1.807, 2.05) is 6.92 Å². The lowest BCUT2D eigenvalue weighted by molar-refractivity contribution is -0.136. The molecule has 116 valence electrons. The summed E-state index contributed by atoms with van der Waals surface area (Å²) in [5.74, 6) is -0.356. The van der Waals surface area contributed by atoms with Gasteiger partial charge in [0.15, 0.2) is 5.82 Å². The van der Waals surface area contributed by atoms with Crippen LogP contribution in [0.15, 0.2) is 28.8 Å². The van der Waals surface area contributed by atoms with Gasteiger partial charge in [-0.15, -0.1) is 0 Å². The molecule has 0 aliphatic heterocycles. The number of amides is 2. The van der Waals surface area contributed by atoms with E-state index in [0.29, 0.717) is 24.4 Å². The molecule has 1 aromatic heterocycles. The number of aryl methyl sites for hydroxylation is 2. The van der Waals surface area contributed by atoms with Crippen LogP contribution < -0.4 is 10.6 Å². The molecule has 0 unspecified atom stereocenters. The van der Waals surface area contributed by atoms with Crippen molar-refractivity contribution in [3.63, 3.8) is 0 Å². The van der Waals surface area contributed by atoms with E-state index in [0.717, 1.165) is 5.56 Å². The normalized spacial score (nSPS) is 10.2. The lowest BCUT2D eigenvalue weighted by atomic mass is 10.1. The molecule has 2 aromatic rings. The van der Waals surface area contributed by atoms with E-state index in [1.54, 1.807) is 24.3 Å². The van der Waals surface area contributed by atoms with Crippen molar-refractivity contribution < 1.29 is 19.2 Å². The highest BCUT2D eigenvalue weighted by atomic mass is 16.5. The molecule has 8 nitrogen and oxygen atoms in total. The number of nitrogens with zero attached hydrogens (tertiary/aromatic N) is 2. The lowest BCUT2D eigenvalue weighted by Gasteiger charge is -2.06. The number of carboxylic acids is 1. The third-order valence-corrected chi connectivity index (χ3v) is 2.82. The highest BCUT2D eigenvalue weighted by Crippen LogP contribution is 2.13. The number of aliphatic carboxylic acids is 1. The Morgan fingerprint density at radius 1 is 1.32 bits per heavy atom. The molecule has 8 heteroatoms. The Bertz CT molecular complexity index is 668. The Hall–Kier alpha value is -2.90. The number of hydrogen-bond donors (Lipinski definition) is 3. The van der Waals surface area contributed by atoms with E-state index in [-0.39, 0.29) is 12.4 Å². The highest BCUT2D eigenvalue weighted by Gasteiger charge is 2.09. The highest BCUT2D eigenvalue weighted by molar-refractivity contribution is 5.98. The molecule has 0 aliphatic rings. The first-order valence-corrected chi connectivity index (χ1v) is 6.78. The molecule has 0 atom stereocenters. The van der Waals surface area contributed by atoms with Gasteiger partial charge in [0.05, 0.1) is 0 Å². The Morgan fingerprint density at radius 3 is 2.82 bits per heavy atom. The van der Waals surface area contributed by atoms with Crippen LogP contribution >= 0.6 is 0 Å². The number of anilines is 2. The molecule has 3 N–H and O–H groups in total. The SMILES string of the molecule is CCc1noc(NC(=O)Nc2cccc(CCC(=O)O)c2)n1. The maximum atomic E-state index is 11.8. The minimum Gasteiger partial charge on any atom is -0.481 e. The summed E-state index contributed by atoms with van der Waals surface area (Å²) in [6.45, 7) is 1.87. The molecule has 1 heterocycles. The van der Waals surface area contributed by atoms with E-state index in [2.05, 4.69) is 20.8 Å². The van der Waals surface area contributed by atoms with E-state index in [4.69, 9.17) is 9.63 Å². The molecule has 0 aliphatic carbocycles. The van der Waals surface area contributed by atoms with Gasteiger partial charge >= 0.3 is 18.0 Å². The van der Waals surface area contributed by atoms with Gasteiger partial charge in [-0.25, -0.2) is 4.79 Å². The average molecular weight is 304 g/mol. The molecule has 0 saturated heterocycles. The van der Waals surface area contributed by atoms with E-state index < -0.39 is 12.0 Å². The number of carbonyl (C=O) groups is 2. The molecule has 0 fully saturated rings. The summed E-state index contributed by atoms with van der Waals surface area (Å²) in [6, 6.07) is 6.48. The van der Waals surface area contributed by atoms with Crippen LogP contribution in [0, 0.1) is 0 Å². The topological polar surface area (TPSA) is 117 Å². The third-order valence-electron chi connectivity index (χ3n) is 2.82. The first-order chi connectivity index (χ1) is 10.6. The lowest BCUT2D eigenvalue weighted by Crippen LogP contribution is -2.19. The first kappa shape index (κ1) is 15.5. The molecular formula is C14H16N4O4. The van der Waals surface area contributed by atoms with Crippen LogP contribution in [-0.2, 0) is 17.6 Å². The van der Waals surface area contributed by atoms with Gasteiger partial charge in [0.1, 0.15) is 0 Å². The molecule has 2 rings (SSSR count). The summed E-state index contributed by atoms with van der Waals surface area (Å²) in [4.78, 5) is 26.3. The van der Waals surface area contributed by atoms with Crippen LogP contribution in [0.4, 0.5) is 16.5 Å². The largest absolute Gasteiger partial charge is 0.481 e. The van der Waals surface area contributed by atoms with Crippen molar-refractivity contribution in [2.45, 2.75) is 26.2 Å². The zero-order valence-electron chi connectivity index (χ0n) is 12.0. The summed E-state index contributed by atoms with van der Waals surface area (Å²) in [5, 5.41) is 17.4. The molecule has 0 bridgehead atoms. The standard InChI is InChI=1S/C14H16N4O4/c1-2-11-16-14(22-18-11)17-13(21)15-10-5-3-4-9(8-10)6-7-12(19)20/h3-5,8H,2,6-7H2,1H3,(H,19,20)(H2,15,16,17,18,21). The fourth-order valence-corrected chi connectivity index (χ4v) is 1.76. The van der Waals surface area contributed by atoms with Crippen molar-refractivity contribution in [2.24, 2.45) is 0 Å². The van der Waals surface area contributed by atoms with Crippen LogP contribution in [0.2, 0.25) is 0 Å². The van der Waals surface area contributed by atoms with Gasteiger partial charge in [-0.3, -0.25) is 10.1 Å². The molecule has 1 aromatic carbocycles. The van der Waals surface area contributed by atoms with Gasteiger partial charge in [0.25, 0.3) is 0 Å². The number of rotatable bonds is 6. The van der Waals surface area contributed by atoms with Crippen LogP contribution in [0.1, 0.15) is 24.7 Å². The van der Waals surface area contributed by atoms with Crippen molar-refractivity contribution in [1.82, 2.24) is 10.1 Å². The molecule has 0 radical (unpaired) electrons. The number of urea groups is 1. The van der Waals surface area contributed by atoms with Crippen molar-refractivity contribution in [1.29, 1.82) is 0 Å². The summed E-state index contributed by atoms with van der Waals surface area (Å²) >= 11 is 0. The maximum Gasteiger partial charge on any atom is 0.329 e. The summed E-state index contributed by atoms with van der Waals surface area (Å²) in [7, 11) is 0. The fraction of sp³-hybridized carbons (Fsp3) is 0.286. The Balaban J connectivity index is 1.93. The van der Waals surface area contributed by atoms with Crippen molar-refractivity contribution in [3.8, 4) is 0 Å². The summed E-state index contributed by atoms with van der Waals surface area (Å²) < 4.78 is 4.85. The Labute approximate surface area is 126 Å². The van der Waals surface area contributed by atoms with Crippen LogP contribution in [-0.4, -0.2) is 27.2 Å². The molecule has 22 heavy (non-hydrogen) atoms. The predicted molar refractivity (Wildman–Crippen MR) is 78.7 cm³/mol. The minimum atomic E-state index is -0.862. The smallest absolute Gasteiger partial charge is 0.329 e. The van der Waals surface area contributed by atoms with Gasteiger partial charge < -0.3 is 14.9 Å². The second kappa shape index (κ2) is 7.21. The number of carboxylic acid groups (broad SMARTS) is 1. The monoisotopic (exact) mass is 304 g/mol. The van der Waals surface area contributed by atoms with Crippen LogP contribution in [0.3, 0.4) is 0 Å². The number of benzene rings is 1. The minimum absolute atomic E-state index is 0.0244. The molecular weight excluding hydrogens is 288 g/mol. The van der Waals surface area contributed by atoms with E-state index >= 15 is 0 Å². The molecule has 0 spiro atoms. The van der Waals surface area contributed by atoms with E-state index in [1.165, 1.54) is 0 Å². The van der Waals surface area contributed by atoms with Crippen LogP contribution in [0.25, 0.3) is 0 Å². The summed E-state index contributed by atoms with van der Waals surface area (Å²) in [5.41, 5.74) is 1.38. The van der Waals surface area contributed by atoms with Crippen molar-refractivity contribution >= 4 is 23.7 Å². The van der Waals surface area contributed by atoms with Gasteiger partial charge in [-0.1, -0.05) is 24.2 Å². The first-order valence-electron chi connectivity index (χ1n) is 6.78. The number of hydrogen-bond acceptors (Lipinski definition) is 5. The van der Waals surface area contributed by atoms with Gasteiger partial charge in [0.2, 0.25) is 0 Å². The van der Waals surface area contributed by atoms with Gasteiger partial charge in [-0.05, 0) is 24.1 Å². The van der Waals surface area contributed by atoms with Crippen molar-refractivity contribution in [2.75, 3.05) is 10.6 Å². The zero-order chi connectivity index (χ0) is 15.9. The number of carbonyl (C=O) groups excluding carboxylic acids is 1. The second-order valence-electron chi connectivity index (χ2n) is 4.54. The number of aromatic nitrogens is 2. The summed E-state index contributed by atoms with van der Waals surface area (Å²) in [6.07, 6.45) is 1.05. The van der Waals surface area contributed by atoms with Crippen molar-refractivity contribution in [3.05, 3.63) is 35.7 Å². The molecule has 0 saturated carbocycles. The Morgan fingerprint density at radius 2 is 2.14 bits per heavy atom. The van der Waals surface area contributed by atoms with Crippen LogP contribution in [0.5, 0.6) is 0 Å². The quantitative estimate of drug-likeness (QED) is 0.753. The predicted octanol–water partition coefficient (Wildman–Crippen LogP) is 2.29. The second-order valence-corrected chi connectivity index (χ2v) is 4.54. The number of nitrogens with one attached hydrogen (secondary N) is 2. The Kier molecular flexibility index (Phi) is 5.07. The molecule has 2 amide bonds.